The highest BCUT2D eigenvalue weighted by atomic mass is 16.6. The van der Waals surface area contributed by atoms with Crippen molar-refractivity contribution in [3.8, 4) is 0 Å². The Kier molecular flexibility index (Phi) is 8.69. The molecule has 1 rings (SSSR count). The predicted octanol–water partition coefficient (Wildman–Crippen LogP) is 2.27. The lowest BCUT2D eigenvalue weighted by molar-refractivity contribution is 0.0569. The van der Waals surface area contributed by atoms with Crippen LogP contribution in [0.4, 0.5) is 4.79 Å². The third-order valence-corrected chi connectivity index (χ3v) is 3.80. The average molecular weight is 299 g/mol. The summed E-state index contributed by atoms with van der Waals surface area (Å²) in [4.78, 5) is 18.3. The lowest BCUT2D eigenvalue weighted by Crippen LogP contribution is -2.49. The summed E-state index contributed by atoms with van der Waals surface area (Å²) < 4.78 is 5.23. The fraction of sp³-hybridized carbons (Fsp3) is 0.938. The molecule has 1 fully saturated rings. The molecule has 0 aliphatic carbocycles. The van der Waals surface area contributed by atoms with Gasteiger partial charge < -0.3 is 14.5 Å². The second-order valence-corrected chi connectivity index (χ2v) is 6.48. The zero-order valence-electron chi connectivity index (χ0n) is 14.3. The highest BCUT2D eigenvalue weighted by Crippen LogP contribution is 2.08. The van der Waals surface area contributed by atoms with Gasteiger partial charge in [0.05, 0.1) is 6.10 Å². The lowest BCUT2D eigenvalue weighted by Gasteiger charge is -2.34. The summed E-state index contributed by atoms with van der Waals surface area (Å²) in [5.41, 5.74) is 0. The minimum Gasteiger partial charge on any atom is -0.447 e. The van der Waals surface area contributed by atoms with Crippen LogP contribution in [0.25, 0.3) is 0 Å². The molecule has 0 unspecified atom stereocenters. The highest BCUT2D eigenvalue weighted by molar-refractivity contribution is 5.67. The van der Waals surface area contributed by atoms with Crippen molar-refractivity contribution in [2.24, 2.45) is 0 Å². The first kappa shape index (κ1) is 18.2. The SMILES string of the molecule is CC(C)OC(=O)N1CCN(CCCCCCN(C)C)CC1. The van der Waals surface area contributed by atoms with Crippen molar-refractivity contribution in [2.45, 2.75) is 45.6 Å². The smallest absolute Gasteiger partial charge is 0.410 e. The van der Waals surface area contributed by atoms with Crippen molar-refractivity contribution < 1.29 is 9.53 Å². The summed E-state index contributed by atoms with van der Waals surface area (Å²) in [6.45, 7) is 9.69. The van der Waals surface area contributed by atoms with Crippen LogP contribution in [-0.4, -0.2) is 80.3 Å². The Hall–Kier alpha value is -0.810. The summed E-state index contributed by atoms with van der Waals surface area (Å²) in [5, 5.41) is 0. The number of hydrogen-bond acceptors (Lipinski definition) is 4. The van der Waals surface area contributed by atoms with Crippen LogP contribution in [-0.2, 0) is 4.74 Å². The zero-order chi connectivity index (χ0) is 15.7. The molecule has 0 atom stereocenters. The van der Waals surface area contributed by atoms with Crippen LogP contribution in [0, 0.1) is 0 Å². The summed E-state index contributed by atoms with van der Waals surface area (Å²) in [6.07, 6.45) is 5.00. The number of carbonyl (C=O) groups excluding carboxylic acids is 1. The third-order valence-electron chi connectivity index (χ3n) is 3.80. The summed E-state index contributed by atoms with van der Waals surface area (Å²) in [6, 6.07) is 0. The number of hydrogen-bond donors (Lipinski definition) is 0. The molecule has 21 heavy (non-hydrogen) atoms. The highest BCUT2D eigenvalue weighted by Gasteiger charge is 2.22. The Bertz CT molecular complexity index is 287. The van der Waals surface area contributed by atoms with Crippen LogP contribution < -0.4 is 0 Å². The molecule has 1 aliphatic rings. The van der Waals surface area contributed by atoms with Gasteiger partial charge in [-0.25, -0.2) is 4.79 Å². The monoisotopic (exact) mass is 299 g/mol. The Morgan fingerprint density at radius 3 is 2.24 bits per heavy atom. The average Bonchev–Trinajstić information content (AvgIpc) is 2.42. The van der Waals surface area contributed by atoms with Gasteiger partial charge in [-0.15, -0.1) is 0 Å². The molecule has 1 saturated heterocycles. The minimum absolute atomic E-state index is 0.0299. The van der Waals surface area contributed by atoms with Crippen molar-refractivity contribution in [1.82, 2.24) is 14.7 Å². The molecule has 0 aromatic rings. The lowest BCUT2D eigenvalue weighted by atomic mass is 10.1. The normalized spacial score (nSPS) is 16.8. The Balaban J connectivity index is 2.04. The van der Waals surface area contributed by atoms with E-state index in [1.54, 1.807) is 0 Å². The molecule has 0 spiro atoms. The van der Waals surface area contributed by atoms with E-state index in [1.165, 1.54) is 32.2 Å². The van der Waals surface area contributed by atoms with E-state index in [1.807, 2.05) is 18.7 Å². The van der Waals surface area contributed by atoms with Gasteiger partial charge in [-0.3, -0.25) is 4.90 Å². The third kappa shape index (κ3) is 8.27. The maximum absolute atomic E-state index is 11.8. The molecule has 0 saturated carbocycles. The number of carbonyl (C=O) groups is 1. The Morgan fingerprint density at radius 2 is 1.67 bits per heavy atom. The predicted molar refractivity (Wildman–Crippen MR) is 86.7 cm³/mol. The standard InChI is InChI=1S/C16H33N3O2/c1-15(2)21-16(20)19-13-11-18(12-14-19)10-8-6-5-7-9-17(3)4/h15H,5-14H2,1-4H3. The first-order valence-electron chi connectivity index (χ1n) is 8.31. The molecule has 1 aliphatic heterocycles. The van der Waals surface area contributed by atoms with Crippen LogP contribution in [0.5, 0.6) is 0 Å². The van der Waals surface area contributed by atoms with Crippen LogP contribution >= 0.6 is 0 Å². The first-order valence-corrected chi connectivity index (χ1v) is 8.31. The van der Waals surface area contributed by atoms with Crippen LogP contribution in [0.3, 0.4) is 0 Å². The molecular formula is C16H33N3O2. The molecule has 1 heterocycles. The van der Waals surface area contributed by atoms with Gasteiger partial charge >= 0.3 is 6.09 Å². The van der Waals surface area contributed by atoms with E-state index < -0.39 is 0 Å². The van der Waals surface area contributed by atoms with E-state index in [2.05, 4.69) is 23.9 Å². The molecule has 0 aromatic heterocycles. The number of unbranched alkanes of at least 4 members (excludes halogenated alkanes) is 3. The zero-order valence-corrected chi connectivity index (χ0v) is 14.3. The summed E-state index contributed by atoms with van der Waals surface area (Å²) in [7, 11) is 4.26. The number of amides is 1. The topological polar surface area (TPSA) is 36.0 Å². The maximum atomic E-state index is 11.8. The molecule has 5 nitrogen and oxygen atoms in total. The van der Waals surface area contributed by atoms with E-state index in [4.69, 9.17) is 4.74 Å². The second-order valence-electron chi connectivity index (χ2n) is 6.48. The van der Waals surface area contributed by atoms with Gasteiger partial charge in [0, 0.05) is 26.2 Å². The molecule has 0 N–H and O–H groups in total. The quantitative estimate of drug-likeness (QED) is 0.644. The van der Waals surface area contributed by atoms with Crippen molar-refractivity contribution in [2.75, 3.05) is 53.4 Å². The van der Waals surface area contributed by atoms with Gasteiger partial charge in [0.15, 0.2) is 0 Å². The minimum atomic E-state index is -0.159. The van der Waals surface area contributed by atoms with E-state index in [0.29, 0.717) is 0 Å². The molecular weight excluding hydrogens is 266 g/mol. The molecule has 124 valence electrons. The van der Waals surface area contributed by atoms with Gasteiger partial charge in [-0.1, -0.05) is 12.8 Å². The number of nitrogens with zero attached hydrogens (tertiary/aromatic N) is 3. The van der Waals surface area contributed by atoms with Gasteiger partial charge in [0.1, 0.15) is 0 Å². The van der Waals surface area contributed by atoms with Crippen molar-refractivity contribution in [3.63, 3.8) is 0 Å². The molecule has 0 bridgehead atoms. The molecule has 0 aromatic carbocycles. The van der Waals surface area contributed by atoms with Crippen LogP contribution in [0.1, 0.15) is 39.5 Å². The van der Waals surface area contributed by atoms with Crippen LogP contribution in [0.15, 0.2) is 0 Å². The van der Waals surface area contributed by atoms with Crippen LogP contribution in [0.2, 0.25) is 0 Å². The van der Waals surface area contributed by atoms with Gasteiger partial charge in [0.2, 0.25) is 0 Å². The fourth-order valence-electron chi connectivity index (χ4n) is 2.55. The first-order chi connectivity index (χ1) is 9.99. The van der Waals surface area contributed by atoms with E-state index in [0.717, 1.165) is 32.7 Å². The van der Waals surface area contributed by atoms with E-state index in [9.17, 15) is 4.79 Å². The van der Waals surface area contributed by atoms with Gasteiger partial charge in [-0.2, -0.15) is 0 Å². The van der Waals surface area contributed by atoms with Crippen molar-refractivity contribution >= 4 is 6.09 Å². The number of piperazine rings is 1. The molecule has 0 radical (unpaired) electrons. The largest absolute Gasteiger partial charge is 0.447 e. The van der Waals surface area contributed by atoms with E-state index >= 15 is 0 Å². The Labute approximate surface area is 130 Å². The summed E-state index contributed by atoms with van der Waals surface area (Å²) >= 11 is 0. The van der Waals surface area contributed by atoms with Crippen molar-refractivity contribution in [1.29, 1.82) is 0 Å². The second kappa shape index (κ2) is 10.0. The van der Waals surface area contributed by atoms with E-state index in [-0.39, 0.29) is 12.2 Å². The van der Waals surface area contributed by atoms with Crippen molar-refractivity contribution in [3.05, 3.63) is 0 Å². The fourth-order valence-corrected chi connectivity index (χ4v) is 2.55. The van der Waals surface area contributed by atoms with Gasteiger partial charge in [-0.05, 0) is 53.9 Å². The number of rotatable bonds is 8. The number of ether oxygens (including phenoxy) is 1. The Morgan fingerprint density at radius 1 is 1.05 bits per heavy atom. The summed E-state index contributed by atoms with van der Waals surface area (Å²) in [5.74, 6) is 0. The molecule has 1 amide bonds. The maximum Gasteiger partial charge on any atom is 0.410 e. The molecule has 5 heteroatoms. The van der Waals surface area contributed by atoms with Gasteiger partial charge in [0.25, 0.3) is 0 Å².